The summed E-state index contributed by atoms with van der Waals surface area (Å²) in [6.45, 7) is 3.38. The molecule has 24 heavy (non-hydrogen) atoms. The number of aryl methyl sites for hydroxylation is 2. The topological polar surface area (TPSA) is 70.2 Å². The third kappa shape index (κ3) is 3.61. The van der Waals surface area contributed by atoms with Crippen LogP contribution in [0.4, 0.5) is 11.4 Å². The number of nitro benzene ring substituents is 1. The van der Waals surface area contributed by atoms with Gasteiger partial charge in [-0.05, 0) is 55.3 Å². The van der Waals surface area contributed by atoms with E-state index in [1.54, 1.807) is 32.1 Å². The first-order valence-corrected chi connectivity index (χ1v) is 7.48. The van der Waals surface area contributed by atoms with Gasteiger partial charge < -0.3 is 4.90 Å². The largest absolute Gasteiger partial charge is 0.378 e. The van der Waals surface area contributed by atoms with E-state index in [9.17, 15) is 15.4 Å². The predicted molar refractivity (Wildman–Crippen MR) is 96.8 cm³/mol. The van der Waals surface area contributed by atoms with Crippen molar-refractivity contribution < 1.29 is 4.92 Å². The Hall–Kier alpha value is -3.13. The first-order valence-electron chi connectivity index (χ1n) is 7.48. The van der Waals surface area contributed by atoms with Crippen LogP contribution in [0.25, 0.3) is 11.6 Å². The summed E-state index contributed by atoms with van der Waals surface area (Å²) < 4.78 is 0. The number of nitro groups is 1. The molecular formula is C19H19N3O2. The molecule has 0 aromatic heterocycles. The molecule has 5 heteroatoms. The van der Waals surface area contributed by atoms with E-state index in [-0.39, 0.29) is 10.6 Å². The number of benzene rings is 2. The van der Waals surface area contributed by atoms with E-state index in [0.29, 0.717) is 22.3 Å². The number of hydrogen-bond acceptors (Lipinski definition) is 4. The third-order valence-corrected chi connectivity index (χ3v) is 3.83. The van der Waals surface area contributed by atoms with Gasteiger partial charge in [0.15, 0.2) is 0 Å². The molecule has 0 spiro atoms. The smallest absolute Gasteiger partial charge is 0.275 e. The molecule has 2 aromatic rings. The summed E-state index contributed by atoms with van der Waals surface area (Å²) in [6.07, 6.45) is 1.79. The average Bonchev–Trinajstić information content (AvgIpc) is 2.51. The minimum atomic E-state index is -0.385. The van der Waals surface area contributed by atoms with E-state index in [4.69, 9.17) is 0 Å². The lowest BCUT2D eigenvalue weighted by Gasteiger charge is -2.12. The van der Waals surface area contributed by atoms with Crippen LogP contribution in [0.3, 0.4) is 0 Å². The fourth-order valence-corrected chi connectivity index (χ4v) is 2.61. The number of allylic oxidation sites excluding steroid dienone is 1. The first kappa shape index (κ1) is 17.2. The summed E-state index contributed by atoms with van der Waals surface area (Å²) in [7, 11) is 3.93. The van der Waals surface area contributed by atoms with Gasteiger partial charge >= 0.3 is 0 Å². The highest BCUT2D eigenvalue weighted by atomic mass is 16.6. The summed E-state index contributed by atoms with van der Waals surface area (Å²) in [4.78, 5) is 12.7. The van der Waals surface area contributed by atoms with Crippen molar-refractivity contribution in [1.82, 2.24) is 0 Å². The summed E-state index contributed by atoms with van der Waals surface area (Å²) in [6, 6.07) is 13.4. The van der Waals surface area contributed by atoms with E-state index in [1.165, 1.54) is 0 Å². The van der Waals surface area contributed by atoms with Gasteiger partial charge in [-0.3, -0.25) is 10.1 Å². The Bertz CT molecular complexity index is 821. The summed E-state index contributed by atoms with van der Waals surface area (Å²) in [5.41, 5.74) is 4.37. The molecule has 0 heterocycles. The fourth-order valence-electron chi connectivity index (χ4n) is 2.61. The zero-order valence-corrected chi connectivity index (χ0v) is 14.2. The molecule has 0 saturated carbocycles. The van der Waals surface area contributed by atoms with Crippen molar-refractivity contribution in [3.63, 3.8) is 0 Å². The molecule has 0 unspecified atom stereocenters. The van der Waals surface area contributed by atoms with E-state index in [1.807, 2.05) is 43.3 Å². The van der Waals surface area contributed by atoms with Gasteiger partial charge in [-0.15, -0.1) is 0 Å². The van der Waals surface area contributed by atoms with E-state index in [0.717, 1.165) is 11.3 Å². The highest BCUT2D eigenvalue weighted by molar-refractivity contribution is 5.90. The quantitative estimate of drug-likeness (QED) is 0.363. The molecule has 0 atom stereocenters. The molecule has 0 fully saturated rings. The highest BCUT2D eigenvalue weighted by Gasteiger charge is 2.16. The Labute approximate surface area is 141 Å². The van der Waals surface area contributed by atoms with Gasteiger partial charge in [0.1, 0.15) is 0 Å². The Morgan fingerprint density at radius 1 is 1.17 bits per heavy atom. The molecule has 122 valence electrons. The van der Waals surface area contributed by atoms with Crippen molar-refractivity contribution in [3.05, 3.63) is 68.8 Å². The van der Waals surface area contributed by atoms with Crippen LogP contribution in [-0.2, 0) is 0 Å². The molecule has 0 aliphatic rings. The average molecular weight is 321 g/mol. The second-order valence-corrected chi connectivity index (χ2v) is 5.87. The molecule has 2 rings (SSSR count). The number of nitriles is 1. The normalized spacial score (nSPS) is 11.0. The van der Waals surface area contributed by atoms with Gasteiger partial charge in [0.2, 0.25) is 0 Å². The maximum atomic E-state index is 11.1. The Morgan fingerprint density at radius 2 is 1.71 bits per heavy atom. The summed E-state index contributed by atoms with van der Waals surface area (Å²) >= 11 is 0. The second-order valence-electron chi connectivity index (χ2n) is 5.87. The third-order valence-electron chi connectivity index (χ3n) is 3.83. The predicted octanol–water partition coefficient (Wildman–Crippen LogP) is 4.34. The summed E-state index contributed by atoms with van der Waals surface area (Å²) in [5, 5.41) is 20.6. The lowest BCUT2D eigenvalue weighted by Crippen LogP contribution is -2.07. The van der Waals surface area contributed by atoms with E-state index >= 15 is 0 Å². The molecule has 0 aliphatic heterocycles. The molecule has 0 saturated heterocycles. The van der Waals surface area contributed by atoms with Crippen LogP contribution in [0.5, 0.6) is 0 Å². The lowest BCUT2D eigenvalue weighted by atomic mass is 9.98. The maximum absolute atomic E-state index is 11.1. The van der Waals surface area contributed by atoms with Gasteiger partial charge in [-0.25, -0.2) is 0 Å². The van der Waals surface area contributed by atoms with Crippen molar-refractivity contribution >= 4 is 23.0 Å². The molecule has 0 bridgehead atoms. The van der Waals surface area contributed by atoms with Crippen molar-refractivity contribution in [2.45, 2.75) is 13.8 Å². The number of rotatable bonds is 4. The first-order chi connectivity index (χ1) is 11.3. The van der Waals surface area contributed by atoms with Crippen molar-refractivity contribution in [3.8, 4) is 6.07 Å². The minimum absolute atomic E-state index is 0.103. The monoisotopic (exact) mass is 321 g/mol. The standard InChI is InChI=1S/C19H19N3O2/c1-13-9-16(10-14(2)19(13)22(23)24)17(12-20)11-15-5-7-18(8-6-15)21(3)4/h5-11H,1-4H3/b17-11+. The van der Waals surface area contributed by atoms with Gasteiger partial charge in [0.05, 0.1) is 16.6 Å². The van der Waals surface area contributed by atoms with Crippen LogP contribution in [0.1, 0.15) is 22.3 Å². The minimum Gasteiger partial charge on any atom is -0.378 e. The maximum Gasteiger partial charge on any atom is 0.275 e. The molecule has 5 nitrogen and oxygen atoms in total. The molecule has 0 N–H and O–H groups in total. The van der Waals surface area contributed by atoms with E-state index < -0.39 is 0 Å². The van der Waals surface area contributed by atoms with Crippen LogP contribution in [0.15, 0.2) is 36.4 Å². The van der Waals surface area contributed by atoms with Gasteiger partial charge in [0.25, 0.3) is 5.69 Å². The number of anilines is 1. The summed E-state index contributed by atoms with van der Waals surface area (Å²) in [5.74, 6) is 0. The highest BCUT2D eigenvalue weighted by Crippen LogP contribution is 2.28. The van der Waals surface area contributed by atoms with Crippen molar-refractivity contribution in [1.29, 1.82) is 5.26 Å². The second kappa shape index (κ2) is 6.97. The number of hydrogen-bond donors (Lipinski definition) is 0. The van der Waals surface area contributed by atoms with Crippen LogP contribution in [0, 0.1) is 35.3 Å². The Kier molecular flexibility index (Phi) is 5.00. The van der Waals surface area contributed by atoms with Gasteiger partial charge in [0, 0.05) is 30.9 Å². The zero-order valence-electron chi connectivity index (χ0n) is 14.2. The molecular weight excluding hydrogens is 302 g/mol. The van der Waals surface area contributed by atoms with Gasteiger partial charge in [-0.1, -0.05) is 12.1 Å². The van der Waals surface area contributed by atoms with Crippen LogP contribution >= 0.6 is 0 Å². The zero-order chi connectivity index (χ0) is 17.9. The Balaban J connectivity index is 2.45. The van der Waals surface area contributed by atoms with E-state index in [2.05, 4.69) is 6.07 Å². The molecule has 0 aliphatic carbocycles. The molecule has 0 radical (unpaired) electrons. The fraction of sp³-hybridized carbons (Fsp3) is 0.211. The van der Waals surface area contributed by atoms with Crippen molar-refractivity contribution in [2.24, 2.45) is 0 Å². The van der Waals surface area contributed by atoms with Gasteiger partial charge in [-0.2, -0.15) is 5.26 Å². The SMILES string of the molecule is Cc1cc(/C(C#N)=C/c2ccc(N(C)C)cc2)cc(C)c1[N+](=O)[O-]. The van der Waals surface area contributed by atoms with Crippen molar-refractivity contribution in [2.75, 3.05) is 19.0 Å². The molecule has 0 amide bonds. The number of nitrogens with zero attached hydrogens (tertiary/aromatic N) is 3. The molecule has 2 aromatic carbocycles. The van der Waals surface area contributed by atoms with Crippen LogP contribution < -0.4 is 4.90 Å². The lowest BCUT2D eigenvalue weighted by molar-refractivity contribution is -0.386. The Morgan fingerprint density at radius 3 is 2.12 bits per heavy atom. The van der Waals surface area contributed by atoms with Crippen LogP contribution in [-0.4, -0.2) is 19.0 Å². The van der Waals surface area contributed by atoms with Crippen LogP contribution in [0.2, 0.25) is 0 Å².